The first kappa shape index (κ1) is 22.6. The molecule has 2 atom stereocenters. The molecule has 5 nitrogen and oxygen atoms in total. The molecule has 0 radical (unpaired) electrons. The van der Waals surface area contributed by atoms with Gasteiger partial charge in [-0.3, -0.25) is 4.79 Å². The number of hydrogen-bond acceptors (Lipinski definition) is 5. The van der Waals surface area contributed by atoms with Crippen LogP contribution in [-0.4, -0.2) is 35.9 Å². The number of aliphatic hydroxyl groups is 1. The summed E-state index contributed by atoms with van der Waals surface area (Å²) in [7, 11) is 0. The molecule has 1 saturated heterocycles. The fourth-order valence-corrected chi connectivity index (χ4v) is 3.74. The standard InChI is InChI=1S/C22H29BrO5/c1-15(11-21(2,3)4)9-19(25)27-14-22(13-24)12-17(20(26)28-22)10-16-5-7-18(23)8-6-16/h5-8,10,15,24H,9,11-14H2,1-4H3/b17-10-. The molecule has 0 aromatic heterocycles. The first-order valence-corrected chi connectivity index (χ1v) is 10.3. The number of ether oxygens (including phenoxy) is 2. The van der Waals surface area contributed by atoms with Crippen LogP contribution in [0.4, 0.5) is 0 Å². The minimum Gasteiger partial charge on any atom is -0.461 e. The maximum atomic E-state index is 12.2. The molecule has 0 saturated carbocycles. The van der Waals surface area contributed by atoms with Gasteiger partial charge >= 0.3 is 11.9 Å². The van der Waals surface area contributed by atoms with Crippen molar-refractivity contribution in [2.45, 2.75) is 52.6 Å². The monoisotopic (exact) mass is 452 g/mol. The summed E-state index contributed by atoms with van der Waals surface area (Å²) in [5.74, 6) is -0.642. The Hall–Kier alpha value is -1.66. The third kappa shape index (κ3) is 6.74. The van der Waals surface area contributed by atoms with Gasteiger partial charge in [0.15, 0.2) is 5.60 Å². The summed E-state index contributed by atoms with van der Waals surface area (Å²) in [5, 5.41) is 9.80. The topological polar surface area (TPSA) is 72.8 Å². The summed E-state index contributed by atoms with van der Waals surface area (Å²) in [6, 6.07) is 7.51. The van der Waals surface area contributed by atoms with Crippen LogP contribution in [0, 0.1) is 11.3 Å². The highest BCUT2D eigenvalue weighted by molar-refractivity contribution is 9.10. The van der Waals surface area contributed by atoms with Gasteiger partial charge in [-0.15, -0.1) is 0 Å². The summed E-state index contributed by atoms with van der Waals surface area (Å²) in [6.07, 6.45) is 3.14. The number of cyclic esters (lactones) is 1. The average Bonchev–Trinajstić information content (AvgIpc) is 2.90. The van der Waals surface area contributed by atoms with Gasteiger partial charge in [-0.05, 0) is 41.5 Å². The van der Waals surface area contributed by atoms with Gasteiger partial charge in [0.1, 0.15) is 6.61 Å². The lowest BCUT2D eigenvalue weighted by atomic mass is 9.84. The number of carbonyl (C=O) groups excluding carboxylic acids is 2. The predicted molar refractivity (Wildman–Crippen MR) is 111 cm³/mol. The number of carbonyl (C=O) groups is 2. The molecule has 1 aliphatic heterocycles. The number of aliphatic hydroxyl groups excluding tert-OH is 1. The smallest absolute Gasteiger partial charge is 0.334 e. The third-order valence-electron chi connectivity index (χ3n) is 4.56. The van der Waals surface area contributed by atoms with Crippen molar-refractivity contribution in [3.63, 3.8) is 0 Å². The van der Waals surface area contributed by atoms with E-state index >= 15 is 0 Å². The number of hydrogen-bond donors (Lipinski definition) is 1. The van der Waals surface area contributed by atoms with E-state index in [9.17, 15) is 14.7 Å². The van der Waals surface area contributed by atoms with Crippen LogP contribution >= 0.6 is 15.9 Å². The van der Waals surface area contributed by atoms with Crippen LogP contribution in [0.2, 0.25) is 0 Å². The zero-order valence-electron chi connectivity index (χ0n) is 17.0. The lowest BCUT2D eigenvalue weighted by Gasteiger charge is -2.25. The SMILES string of the molecule is CC(CC(=O)OCC1(CO)C/C(=C/c2ccc(Br)cc2)C(=O)O1)CC(C)(C)C. The first-order chi connectivity index (χ1) is 13.0. The second-order valence-corrected chi connectivity index (χ2v) is 9.78. The molecule has 1 aromatic carbocycles. The van der Waals surface area contributed by atoms with Crippen molar-refractivity contribution in [2.75, 3.05) is 13.2 Å². The summed E-state index contributed by atoms with van der Waals surface area (Å²) in [4.78, 5) is 24.4. The van der Waals surface area contributed by atoms with Gasteiger partial charge in [-0.1, -0.05) is 55.8 Å². The van der Waals surface area contributed by atoms with Gasteiger partial charge in [0.25, 0.3) is 0 Å². The summed E-state index contributed by atoms with van der Waals surface area (Å²) in [6.45, 7) is 7.87. The molecule has 6 heteroatoms. The molecule has 1 fully saturated rings. The van der Waals surface area contributed by atoms with Crippen LogP contribution in [0.5, 0.6) is 0 Å². The Bertz CT molecular complexity index is 732. The van der Waals surface area contributed by atoms with Gasteiger partial charge in [0.2, 0.25) is 0 Å². The summed E-state index contributed by atoms with van der Waals surface area (Å²) in [5.41, 5.74) is 0.242. The van der Waals surface area contributed by atoms with Crippen LogP contribution in [0.15, 0.2) is 34.3 Å². The normalized spacial score (nSPS) is 22.2. The Balaban J connectivity index is 1.97. The van der Waals surface area contributed by atoms with Gasteiger partial charge in [0.05, 0.1) is 6.61 Å². The van der Waals surface area contributed by atoms with E-state index in [2.05, 4.69) is 36.7 Å². The highest BCUT2D eigenvalue weighted by Crippen LogP contribution is 2.33. The number of rotatable bonds is 7. The first-order valence-electron chi connectivity index (χ1n) is 9.48. The van der Waals surface area contributed by atoms with Crippen molar-refractivity contribution >= 4 is 33.9 Å². The van der Waals surface area contributed by atoms with Gasteiger partial charge in [-0.25, -0.2) is 4.79 Å². The van der Waals surface area contributed by atoms with Crippen molar-refractivity contribution in [3.8, 4) is 0 Å². The molecule has 0 bridgehead atoms. The van der Waals surface area contributed by atoms with E-state index in [1.165, 1.54) is 0 Å². The predicted octanol–water partition coefficient (Wildman–Crippen LogP) is 4.52. The largest absolute Gasteiger partial charge is 0.461 e. The van der Waals surface area contributed by atoms with Crippen LogP contribution in [0.3, 0.4) is 0 Å². The van der Waals surface area contributed by atoms with Crippen molar-refractivity contribution in [2.24, 2.45) is 11.3 Å². The summed E-state index contributed by atoms with van der Waals surface area (Å²) >= 11 is 3.37. The van der Waals surface area contributed by atoms with E-state index in [0.717, 1.165) is 16.5 Å². The van der Waals surface area contributed by atoms with E-state index in [4.69, 9.17) is 9.47 Å². The minimum atomic E-state index is -1.21. The number of halogens is 1. The molecule has 1 aromatic rings. The Morgan fingerprint density at radius 3 is 2.57 bits per heavy atom. The lowest BCUT2D eigenvalue weighted by molar-refractivity contribution is -0.166. The molecule has 1 aliphatic rings. The van der Waals surface area contributed by atoms with E-state index in [-0.39, 0.29) is 30.3 Å². The van der Waals surface area contributed by atoms with Crippen LogP contribution < -0.4 is 0 Å². The van der Waals surface area contributed by atoms with Crippen molar-refractivity contribution in [1.29, 1.82) is 0 Å². The highest BCUT2D eigenvalue weighted by Gasteiger charge is 2.44. The van der Waals surface area contributed by atoms with Gasteiger partial charge in [-0.2, -0.15) is 0 Å². The molecular weight excluding hydrogens is 424 g/mol. The van der Waals surface area contributed by atoms with Crippen LogP contribution in [0.1, 0.15) is 52.5 Å². The van der Waals surface area contributed by atoms with Crippen molar-refractivity contribution in [3.05, 3.63) is 39.9 Å². The Morgan fingerprint density at radius 1 is 1.36 bits per heavy atom. The van der Waals surface area contributed by atoms with Gasteiger partial charge < -0.3 is 14.6 Å². The molecule has 1 N–H and O–H groups in total. The second kappa shape index (κ2) is 9.23. The molecule has 0 spiro atoms. The molecule has 2 unspecified atom stereocenters. The minimum absolute atomic E-state index is 0.139. The molecule has 28 heavy (non-hydrogen) atoms. The number of esters is 2. The van der Waals surface area contributed by atoms with Crippen molar-refractivity contribution in [1.82, 2.24) is 0 Å². The van der Waals surface area contributed by atoms with Crippen LogP contribution in [-0.2, 0) is 19.1 Å². The van der Waals surface area contributed by atoms with Crippen LogP contribution in [0.25, 0.3) is 6.08 Å². The van der Waals surface area contributed by atoms with Crippen molar-refractivity contribution < 1.29 is 24.2 Å². The van der Waals surface area contributed by atoms with Gasteiger partial charge in [0, 0.05) is 22.9 Å². The molecule has 0 amide bonds. The van der Waals surface area contributed by atoms with E-state index in [1.807, 2.05) is 31.2 Å². The Kier molecular flexibility index (Phi) is 7.46. The van der Waals surface area contributed by atoms with E-state index in [0.29, 0.717) is 12.0 Å². The maximum absolute atomic E-state index is 12.2. The molecule has 2 rings (SSSR count). The van der Waals surface area contributed by atoms with E-state index in [1.54, 1.807) is 6.08 Å². The molecule has 154 valence electrons. The quantitative estimate of drug-likeness (QED) is 0.486. The zero-order chi connectivity index (χ0) is 20.9. The Morgan fingerprint density at radius 2 is 2.00 bits per heavy atom. The maximum Gasteiger partial charge on any atom is 0.334 e. The average molecular weight is 453 g/mol. The number of benzene rings is 1. The highest BCUT2D eigenvalue weighted by atomic mass is 79.9. The third-order valence-corrected chi connectivity index (χ3v) is 5.08. The second-order valence-electron chi connectivity index (χ2n) is 8.86. The fourth-order valence-electron chi connectivity index (χ4n) is 3.48. The fraction of sp³-hybridized carbons (Fsp3) is 0.545. The molecule has 1 heterocycles. The van der Waals surface area contributed by atoms with E-state index < -0.39 is 18.2 Å². The summed E-state index contributed by atoms with van der Waals surface area (Å²) < 4.78 is 11.7. The zero-order valence-corrected chi connectivity index (χ0v) is 18.5. The lowest BCUT2D eigenvalue weighted by Crippen LogP contribution is -2.39. The molecular formula is C22H29BrO5. The molecule has 0 aliphatic carbocycles. The Labute approximate surface area is 175 Å².